The molecule has 3 nitrogen and oxygen atoms in total. The summed E-state index contributed by atoms with van der Waals surface area (Å²) in [6.45, 7) is 8.02. The molecule has 90 valence electrons. The van der Waals surface area contributed by atoms with Gasteiger partial charge in [-0.3, -0.25) is 5.73 Å². The molecule has 0 amide bonds. The van der Waals surface area contributed by atoms with Crippen LogP contribution in [-0.2, 0) is 0 Å². The van der Waals surface area contributed by atoms with Crippen molar-refractivity contribution in [3.63, 3.8) is 0 Å². The Bertz CT molecular complexity index is 331. The van der Waals surface area contributed by atoms with E-state index in [0.717, 1.165) is 17.9 Å². The highest BCUT2D eigenvalue weighted by molar-refractivity contribution is 5.33. The minimum atomic E-state index is -0.259. The first kappa shape index (κ1) is 12.8. The smallest absolute Gasteiger partial charge is 0.147 e. The van der Waals surface area contributed by atoms with Crippen molar-refractivity contribution in [1.82, 2.24) is 0 Å². The molecule has 1 aromatic rings. The number of ether oxygens (including phenoxy) is 2. The molecule has 1 rings (SSSR count). The van der Waals surface area contributed by atoms with Crippen LogP contribution < -0.4 is 15.2 Å². The molecule has 0 fully saturated rings. The molecular formula is C13H21NO2. The molecule has 0 aliphatic rings. The Morgan fingerprint density at radius 2 is 1.88 bits per heavy atom. The summed E-state index contributed by atoms with van der Waals surface area (Å²) in [5, 5.41) is 0. The molecule has 0 saturated carbocycles. The first-order valence-electron chi connectivity index (χ1n) is 5.62. The minimum Gasteiger partial charge on any atom is -0.488 e. The van der Waals surface area contributed by atoms with Crippen molar-refractivity contribution in [3.8, 4) is 11.5 Å². The molecular weight excluding hydrogens is 202 g/mol. The monoisotopic (exact) mass is 223 g/mol. The fraction of sp³-hybridized carbons (Fsp3) is 0.538. The van der Waals surface area contributed by atoms with E-state index in [2.05, 4.69) is 0 Å². The van der Waals surface area contributed by atoms with Gasteiger partial charge < -0.3 is 9.47 Å². The summed E-state index contributed by atoms with van der Waals surface area (Å²) in [4.78, 5) is 0. The second-order valence-electron chi connectivity index (χ2n) is 4.75. The predicted molar refractivity (Wildman–Crippen MR) is 65.7 cm³/mol. The van der Waals surface area contributed by atoms with Gasteiger partial charge in [0.1, 0.15) is 23.3 Å². The van der Waals surface area contributed by atoms with Crippen LogP contribution in [0.2, 0.25) is 0 Å². The molecule has 0 aromatic heterocycles. The van der Waals surface area contributed by atoms with Gasteiger partial charge in [-0.15, -0.1) is 0 Å². The minimum absolute atomic E-state index is 0.203. The molecule has 1 aromatic carbocycles. The Balaban J connectivity index is 2.71. The van der Waals surface area contributed by atoms with Gasteiger partial charge in [0, 0.05) is 6.07 Å². The zero-order valence-corrected chi connectivity index (χ0v) is 10.5. The molecule has 1 atom stereocenters. The van der Waals surface area contributed by atoms with Crippen molar-refractivity contribution >= 4 is 0 Å². The third-order valence-electron chi connectivity index (χ3n) is 1.92. The van der Waals surface area contributed by atoms with Crippen LogP contribution in [0.5, 0.6) is 11.5 Å². The van der Waals surface area contributed by atoms with Crippen LogP contribution in [0.1, 0.15) is 34.1 Å². The number of nitrogens with two attached hydrogens (primary N) is 1. The summed E-state index contributed by atoms with van der Waals surface area (Å²) in [5.74, 6) is 1.55. The Kier molecular flexibility index (Phi) is 4.19. The fourth-order valence-corrected chi connectivity index (χ4v) is 1.22. The van der Waals surface area contributed by atoms with Gasteiger partial charge in [0.05, 0.1) is 0 Å². The topological polar surface area (TPSA) is 44.5 Å². The number of benzene rings is 1. The van der Waals surface area contributed by atoms with Gasteiger partial charge in [-0.1, -0.05) is 13.0 Å². The number of hydrogen-bond acceptors (Lipinski definition) is 3. The molecule has 0 spiro atoms. The van der Waals surface area contributed by atoms with Crippen LogP contribution in [0.15, 0.2) is 24.3 Å². The van der Waals surface area contributed by atoms with E-state index in [0.29, 0.717) is 0 Å². The highest BCUT2D eigenvalue weighted by atomic mass is 16.5. The van der Waals surface area contributed by atoms with Gasteiger partial charge in [-0.05, 0) is 39.3 Å². The molecule has 2 N–H and O–H groups in total. The first-order chi connectivity index (χ1) is 7.40. The zero-order chi connectivity index (χ0) is 12.2. The normalized spacial score (nSPS) is 13.3. The number of rotatable bonds is 4. The maximum atomic E-state index is 5.74. The van der Waals surface area contributed by atoms with Crippen molar-refractivity contribution in [3.05, 3.63) is 24.3 Å². The molecule has 0 bridgehead atoms. The van der Waals surface area contributed by atoms with E-state index < -0.39 is 0 Å². The second-order valence-corrected chi connectivity index (χ2v) is 4.75. The average Bonchev–Trinajstić information content (AvgIpc) is 2.15. The van der Waals surface area contributed by atoms with E-state index in [1.54, 1.807) is 0 Å². The summed E-state index contributed by atoms with van der Waals surface area (Å²) < 4.78 is 11.3. The van der Waals surface area contributed by atoms with Crippen molar-refractivity contribution < 1.29 is 9.47 Å². The van der Waals surface area contributed by atoms with Gasteiger partial charge in [-0.25, -0.2) is 0 Å². The van der Waals surface area contributed by atoms with Crippen molar-refractivity contribution in [2.45, 2.75) is 45.9 Å². The lowest BCUT2D eigenvalue weighted by atomic mass is 10.2. The zero-order valence-electron chi connectivity index (χ0n) is 10.5. The van der Waals surface area contributed by atoms with E-state index >= 15 is 0 Å². The fourth-order valence-electron chi connectivity index (χ4n) is 1.22. The van der Waals surface area contributed by atoms with E-state index in [9.17, 15) is 0 Å². The summed E-state index contributed by atoms with van der Waals surface area (Å²) in [6.07, 6.45) is 0.523. The molecule has 0 aliphatic heterocycles. The molecule has 0 heterocycles. The molecule has 0 aliphatic carbocycles. The molecule has 0 radical (unpaired) electrons. The van der Waals surface area contributed by atoms with Crippen LogP contribution in [0.3, 0.4) is 0 Å². The molecule has 0 saturated heterocycles. The van der Waals surface area contributed by atoms with Gasteiger partial charge in [0.2, 0.25) is 0 Å². The lowest BCUT2D eigenvalue weighted by molar-refractivity contribution is 0.129. The quantitative estimate of drug-likeness (QED) is 0.798. The number of hydrogen-bond donors (Lipinski definition) is 1. The van der Waals surface area contributed by atoms with Crippen molar-refractivity contribution in [2.75, 3.05) is 0 Å². The molecule has 3 heteroatoms. The van der Waals surface area contributed by atoms with Crippen LogP contribution >= 0.6 is 0 Å². The third-order valence-corrected chi connectivity index (χ3v) is 1.92. The van der Waals surface area contributed by atoms with Gasteiger partial charge in [-0.2, -0.15) is 0 Å². The summed E-state index contributed by atoms with van der Waals surface area (Å²) in [7, 11) is 0. The highest BCUT2D eigenvalue weighted by Crippen LogP contribution is 2.23. The summed E-state index contributed by atoms with van der Waals surface area (Å²) in [5.41, 5.74) is 5.52. The maximum Gasteiger partial charge on any atom is 0.147 e. The van der Waals surface area contributed by atoms with Crippen molar-refractivity contribution in [2.24, 2.45) is 5.73 Å². The predicted octanol–water partition coefficient (Wildman–Crippen LogP) is 2.94. The first-order valence-corrected chi connectivity index (χ1v) is 5.62. The van der Waals surface area contributed by atoms with E-state index in [4.69, 9.17) is 15.2 Å². The molecule has 16 heavy (non-hydrogen) atoms. The Morgan fingerprint density at radius 1 is 1.25 bits per heavy atom. The third kappa shape index (κ3) is 4.53. The van der Waals surface area contributed by atoms with Crippen LogP contribution in [0, 0.1) is 0 Å². The Morgan fingerprint density at radius 3 is 2.44 bits per heavy atom. The second kappa shape index (κ2) is 5.21. The van der Waals surface area contributed by atoms with Gasteiger partial charge in [0.15, 0.2) is 0 Å². The summed E-state index contributed by atoms with van der Waals surface area (Å²) in [6, 6.07) is 7.56. The van der Waals surface area contributed by atoms with Crippen LogP contribution in [-0.4, -0.2) is 11.8 Å². The Hall–Kier alpha value is -1.22. The van der Waals surface area contributed by atoms with E-state index in [1.807, 2.05) is 52.0 Å². The van der Waals surface area contributed by atoms with Crippen molar-refractivity contribution in [1.29, 1.82) is 0 Å². The highest BCUT2D eigenvalue weighted by Gasteiger charge is 2.12. The lowest BCUT2D eigenvalue weighted by Crippen LogP contribution is -2.26. The van der Waals surface area contributed by atoms with E-state index in [1.165, 1.54) is 0 Å². The van der Waals surface area contributed by atoms with Gasteiger partial charge >= 0.3 is 0 Å². The summed E-state index contributed by atoms with van der Waals surface area (Å²) >= 11 is 0. The molecule has 1 unspecified atom stereocenters. The maximum absolute atomic E-state index is 5.74. The largest absolute Gasteiger partial charge is 0.488 e. The van der Waals surface area contributed by atoms with E-state index in [-0.39, 0.29) is 11.8 Å². The standard InChI is InChI=1S/C13H21NO2/c1-5-12(14)15-10-7-6-8-11(9-10)16-13(2,3)4/h6-9,12H,5,14H2,1-4H3. The average molecular weight is 223 g/mol. The lowest BCUT2D eigenvalue weighted by Gasteiger charge is -2.22. The SMILES string of the molecule is CCC(N)Oc1cccc(OC(C)(C)C)c1. The Labute approximate surface area is 97.6 Å². The van der Waals surface area contributed by atoms with Crippen LogP contribution in [0.25, 0.3) is 0 Å². The van der Waals surface area contributed by atoms with Gasteiger partial charge in [0.25, 0.3) is 0 Å². The van der Waals surface area contributed by atoms with Crippen LogP contribution in [0.4, 0.5) is 0 Å².